The number of rotatable bonds is 5. The van der Waals surface area contributed by atoms with Gasteiger partial charge in [0.05, 0.1) is 16.9 Å². The van der Waals surface area contributed by atoms with Crippen LogP contribution in [0.15, 0.2) is 48.5 Å². The number of nitrogens with zero attached hydrogens (tertiary/aromatic N) is 3. The lowest BCUT2D eigenvalue weighted by molar-refractivity contribution is 0.148. The molecule has 0 spiro atoms. The van der Waals surface area contributed by atoms with Gasteiger partial charge in [-0.05, 0) is 31.2 Å². The molecule has 1 saturated heterocycles. The third-order valence-corrected chi connectivity index (χ3v) is 5.64. The van der Waals surface area contributed by atoms with E-state index in [1.807, 2.05) is 37.3 Å². The van der Waals surface area contributed by atoms with Gasteiger partial charge in [0.2, 0.25) is 0 Å². The maximum Gasteiger partial charge on any atom is 0.322 e. The standard InChI is InChI=1S/C24H26F2N6O2/c1-16-14-22(18-4-2-3-5-20(18)28-16)29-23(33)27-8-9-31-10-12-32(13-11-31)24(34)30-21-7-6-17(25)15-19(21)26/h2-7,14-15H,8-13H2,1H3,(H,30,34)(H2,27,28,29,33). The van der Waals surface area contributed by atoms with E-state index < -0.39 is 17.7 Å². The highest BCUT2D eigenvalue weighted by Crippen LogP contribution is 2.22. The summed E-state index contributed by atoms with van der Waals surface area (Å²) in [4.78, 5) is 33.0. The van der Waals surface area contributed by atoms with Crippen molar-refractivity contribution in [2.75, 3.05) is 49.9 Å². The molecule has 0 bridgehead atoms. The molecule has 3 N–H and O–H groups in total. The summed E-state index contributed by atoms with van der Waals surface area (Å²) in [6.45, 7) is 5.12. The van der Waals surface area contributed by atoms with Gasteiger partial charge < -0.3 is 20.9 Å². The Kier molecular flexibility index (Phi) is 7.17. The summed E-state index contributed by atoms with van der Waals surface area (Å²) in [5.41, 5.74) is 2.29. The number of anilines is 2. The molecular formula is C24H26F2N6O2. The first-order valence-electron chi connectivity index (χ1n) is 11.0. The van der Waals surface area contributed by atoms with Crippen molar-refractivity contribution in [3.05, 3.63) is 65.9 Å². The number of carbonyl (C=O) groups excluding carboxylic acids is 2. The van der Waals surface area contributed by atoms with Crippen molar-refractivity contribution in [3.8, 4) is 0 Å². The largest absolute Gasteiger partial charge is 0.337 e. The van der Waals surface area contributed by atoms with Crippen LogP contribution in [0.3, 0.4) is 0 Å². The quantitative estimate of drug-likeness (QED) is 0.532. The van der Waals surface area contributed by atoms with Crippen LogP contribution in [0, 0.1) is 18.6 Å². The Labute approximate surface area is 195 Å². The predicted molar refractivity (Wildman–Crippen MR) is 127 cm³/mol. The number of urea groups is 2. The predicted octanol–water partition coefficient (Wildman–Crippen LogP) is 3.79. The first kappa shape index (κ1) is 23.4. The Balaban J connectivity index is 1.20. The van der Waals surface area contributed by atoms with Crippen molar-refractivity contribution in [2.24, 2.45) is 0 Å². The molecule has 4 rings (SSSR count). The molecule has 2 heterocycles. The zero-order valence-corrected chi connectivity index (χ0v) is 18.8. The van der Waals surface area contributed by atoms with E-state index in [9.17, 15) is 18.4 Å². The first-order chi connectivity index (χ1) is 16.4. The number of hydrogen-bond acceptors (Lipinski definition) is 4. The molecule has 0 unspecified atom stereocenters. The maximum atomic E-state index is 13.8. The molecule has 1 fully saturated rings. The Morgan fingerprint density at radius 1 is 0.971 bits per heavy atom. The Bertz CT molecular complexity index is 1200. The molecule has 1 aromatic heterocycles. The molecule has 178 valence electrons. The molecule has 8 nitrogen and oxygen atoms in total. The third-order valence-electron chi connectivity index (χ3n) is 5.64. The second-order valence-electron chi connectivity index (χ2n) is 8.09. The van der Waals surface area contributed by atoms with Crippen molar-refractivity contribution in [1.29, 1.82) is 0 Å². The molecule has 10 heteroatoms. The summed E-state index contributed by atoms with van der Waals surface area (Å²) >= 11 is 0. The van der Waals surface area contributed by atoms with Gasteiger partial charge in [-0.25, -0.2) is 18.4 Å². The number of amides is 4. The van der Waals surface area contributed by atoms with Crippen molar-refractivity contribution in [2.45, 2.75) is 6.92 Å². The molecule has 4 amide bonds. The number of fused-ring (bicyclic) bond motifs is 1. The molecule has 3 aromatic rings. The van der Waals surface area contributed by atoms with E-state index in [4.69, 9.17) is 0 Å². The molecule has 2 aromatic carbocycles. The summed E-state index contributed by atoms with van der Waals surface area (Å²) in [7, 11) is 0. The van der Waals surface area contributed by atoms with Crippen molar-refractivity contribution in [1.82, 2.24) is 20.1 Å². The van der Waals surface area contributed by atoms with Crippen molar-refractivity contribution >= 4 is 34.3 Å². The third kappa shape index (κ3) is 5.76. The van der Waals surface area contributed by atoms with Crippen molar-refractivity contribution < 1.29 is 18.4 Å². The van der Waals surface area contributed by atoms with Gasteiger partial charge in [0, 0.05) is 56.4 Å². The number of hydrogen-bond donors (Lipinski definition) is 3. The summed E-state index contributed by atoms with van der Waals surface area (Å²) in [6.07, 6.45) is 0. The van der Waals surface area contributed by atoms with E-state index in [1.165, 1.54) is 6.07 Å². The van der Waals surface area contributed by atoms with E-state index in [2.05, 4.69) is 25.8 Å². The smallest absolute Gasteiger partial charge is 0.322 e. The fourth-order valence-electron chi connectivity index (χ4n) is 3.86. The second-order valence-corrected chi connectivity index (χ2v) is 8.09. The fourth-order valence-corrected chi connectivity index (χ4v) is 3.86. The lowest BCUT2D eigenvalue weighted by atomic mass is 10.1. The van der Waals surface area contributed by atoms with Crippen LogP contribution in [0.2, 0.25) is 0 Å². The number of aromatic nitrogens is 1. The van der Waals surface area contributed by atoms with E-state index in [1.54, 1.807) is 4.90 Å². The molecule has 0 saturated carbocycles. The van der Waals surface area contributed by atoms with Gasteiger partial charge in [-0.1, -0.05) is 18.2 Å². The number of benzene rings is 2. The number of aryl methyl sites for hydroxylation is 1. The van der Waals surface area contributed by atoms with Crippen LogP contribution in [0.1, 0.15) is 5.69 Å². The molecule has 34 heavy (non-hydrogen) atoms. The Morgan fingerprint density at radius 3 is 2.50 bits per heavy atom. The van der Waals surface area contributed by atoms with Gasteiger partial charge in [-0.15, -0.1) is 0 Å². The van der Waals surface area contributed by atoms with E-state index in [-0.39, 0.29) is 11.7 Å². The van der Waals surface area contributed by atoms with E-state index in [0.717, 1.165) is 28.7 Å². The molecule has 1 aliphatic heterocycles. The van der Waals surface area contributed by atoms with Gasteiger partial charge in [-0.2, -0.15) is 0 Å². The number of para-hydroxylation sites is 1. The minimum absolute atomic E-state index is 0.0544. The summed E-state index contributed by atoms with van der Waals surface area (Å²) in [6, 6.07) is 11.8. The number of halogens is 2. The van der Waals surface area contributed by atoms with Gasteiger partial charge in [0.15, 0.2) is 0 Å². The Morgan fingerprint density at radius 2 is 1.74 bits per heavy atom. The van der Waals surface area contributed by atoms with Crippen LogP contribution in [0.5, 0.6) is 0 Å². The Hall–Kier alpha value is -3.79. The first-order valence-corrected chi connectivity index (χ1v) is 11.0. The minimum Gasteiger partial charge on any atom is -0.337 e. The van der Waals surface area contributed by atoms with E-state index >= 15 is 0 Å². The second kappa shape index (κ2) is 10.4. The van der Waals surface area contributed by atoms with Crippen LogP contribution in [-0.4, -0.2) is 66.1 Å². The number of pyridine rings is 1. The molecule has 0 aliphatic carbocycles. The SMILES string of the molecule is Cc1cc(NC(=O)NCCN2CCN(C(=O)Nc3ccc(F)cc3F)CC2)c2ccccc2n1. The highest BCUT2D eigenvalue weighted by atomic mass is 19.1. The molecular weight excluding hydrogens is 442 g/mol. The zero-order valence-electron chi connectivity index (χ0n) is 18.8. The number of piperazine rings is 1. The van der Waals surface area contributed by atoms with Gasteiger partial charge in [0.25, 0.3) is 0 Å². The number of nitrogens with one attached hydrogen (secondary N) is 3. The molecule has 0 atom stereocenters. The lowest BCUT2D eigenvalue weighted by Gasteiger charge is -2.34. The van der Waals surface area contributed by atoms with Crippen LogP contribution < -0.4 is 16.0 Å². The zero-order chi connectivity index (χ0) is 24.1. The van der Waals surface area contributed by atoms with Crippen LogP contribution in [-0.2, 0) is 0 Å². The van der Waals surface area contributed by atoms with Gasteiger partial charge >= 0.3 is 12.1 Å². The monoisotopic (exact) mass is 468 g/mol. The highest BCUT2D eigenvalue weighted by molar-refractivity contribution is 6.00. The van der Waals surface area contributed by atoms with E-state index in [0.29, 0.717) is 45.0 Å². The van der Waals surface area contributed by atoms with Crippen molar-refractivity contribution in [3.63, 3.8) is 0 Å². The topological polar surface area (TPSA) is 89.6 Å². The minimum atomic E-state index is -0.814. The summed E-state index contributed by atoms with van der Waals surface area (Å²) in [5, 5.41) is 9.11. The normalized spacial score (nSPS) is 14.1. The molecule has 1 aliphatic rings. The number of carbonyl (C=O) groups is 2. The van der Waals surface area contributed by atoms with Gasteiger partial charge in [0.1, 0.15) is 11.6 Å². The maximum absolute atomic E-state index is 13.8. The fraction of sp³-hybridized carbons (Fsp3) is 0.292. The average Bonchev–Trinajstić information content (AvgIpc) is 2.81. The van der Waals surface area contributed by atoms with Crippen LogP contribution >= 0.6 is 0 Å². The highest BCUT2D eigenvalue weighted by Gasteiger charge is 2.22. The van der Waals surface area contributed by atoms with Crippen LogP contribution in [0.25, 0.3) is 10.9 Å². The van der Waals surface area contributed by atoms with Crippen LogP contribution in [0.4, 0.5) is 29.7 Å². The summed E-state index contributed by atoms with van der Waals surface area (Å²) in [5.74, 6) is -1.51. The van der Waals surface area contributed by atoms with Gasteiger partial charge in [-0.3, -0.25) is 9.88 Å². The molecule has 0 radical (unpaired) electrons. The lowest BCUT2D eigenvalue weighted by Crippen LogP contribution is -2.51. The average molecular weight is 469 g/mol. The summed E-state index contributed by atoms with van der Waals surface area (Å²) < 4.78 is 26.8.